The number of pyridine rings is 1. The minimum absolute atomic E-state index is 0.248. The number of aryl methyl sites for hydroxylation is 2. The standard InChI is InChI=1S/C14H17ClN4/c1-7-6-10-12-11(9(3)19(5)17-12)8(2)18(4)13(10)14(15)16-7/h6,8H,1-5H3. The van der Waals surface area contributed by atoms with Crippen LogP contribution in [0.1, 0.15) is 29.9 Å². The quantitative estimate of drug-likeness (QED) is 0.693. The lowest BCUT2D eigenvalue weighted by atomic mass is 9.94. The molecule has 1 atom stereocenters. The summed E-state index contributed by atoms with van der Waals surface area (Å²) in [5.74, 6) is 0. The maximum atomic E-state index is 6.33. The third kappa shape index (κ3) is 1.59. The fourth-order valence-electron chi connectivity index (χ4n) is 2.86. The second-order valence-electron chi connectivity index (χ2n) is 5.21. The topological polar surface area (TPSA) is 34.0 Å². The summed E-state index contributed by atoms with van der Waals surface area (Å²) in [7, 11) is 4.04. The minimum atomic E-state index is 0.248. The van der Waals surface area contributed by atoms with Crippen molar-refractivity contribution in [2.75, 3.05) is 11.9 Å². The van der Waals surface area contributed by atoms with E-state index in [4.69, 9.17) is 11.6 Å². The van der Waals surface area contributed by atoms with Crippen molar-refractivity contribution in [3.63, 3.8) is 0 Å². The Morgan fingerprint density at radius 1 is 1.26 bits per heavy atom. The first-order valence-corrected chi connectivity index (χ1v) is 6.73. The van der Waals surface area contributed by atoms with Crippen LogP contribution in [-0.4, -0.2) is 21.8 Å². The van der Waals surface area contributed by atoms with Crippen LogP contribution in [0.5, 0.6) is 0 Å². The van der Waals surface area contributed by atoms with Crippen molar-refractivity contribution < 1.29 is 0 Å². The van der Waals surface area contributed by atoms with Gasteiger partial charge >= 0.3 is 0 Å². The van der Waals surface area contributed by atoms with Crippen molar-refractivity contribution in [3.05, 3.63) is 28.2 Å². The Kier molecular flexibility index (Phi) is 2.61. The van der Waals surface area contributed by atoms with Gasteiger partial charge in [-0.05, 0) is 26.8 Å². The molecule has 0 fully saturated rings. The molecule has 100 valence electrons. The Bertz CT molecular complexity index is 675. The molecule has 0 saturated heterocycles. The number of hydrogen-bond acceptors (Lipinski definition) is 3. The third-order valence-corrected chi connectivity index (χ3v) is 4.33. The van der Waals surface area contributed by atoms with Crippen LogP contribution < -0.4 is 4.90 Å². The van der Waals surface area contributed by atoms with E-state index < -0.39 is 0 Å². The number of nitrogens with zero attached hydrogens (tertiary/aromatic N) is 4. The van der Waals surface area contributed by atoms with Gasteiger partial charge in [0.05, 0.1) is 11.7 Å². The SMILES string of the molecule is Cc1cc2c(c(Cl)n1)N(C)C(C)c1c-2nn(C)c1C. The predicted molar refractivity (Wildman–Crippen MR) is 77.7 cm³/mol. The molecule has 4 nitrogen and oxygen atoms in total. The Balaban J connectivity index is 2.40. The summed E-state index contributed by atoms with van der Waals surface area (Å²) in [5.41, 5.74) is 6.49. The average Bonchev–Trinajstić information content (AvgIpc) is 2.62. The fraction of sp³-hybridized carbons (Fsp3) is 0.429. The van der Waals surface area contributed by atoms with Crippen LogP contribution in [0.15, 0.2) is 6.07 Å². The van der Waals surface area contributed by atoms with Crippen molar-refractivity contribution in [1.29, 1.82) is 0 Å². The van der Waals surface area contributed by atoms with Gasteiger partial charge in [0, 0.05) is 36.6 Å². The predicted octanol–water partition coefficient (Wildman–Crippen LogP) is 3.26. The highest BCUT2D eigenvalue weighted by molar-refractivity contribution is 6.33. The van der Waals surface area contributed by atoms with Crippen molar-refractivity contribution >= 4 is 17.3 Å². The Labute approximate surface area is 118 Å². The molecule has 19 heavy (non-hydrogen) atoms. The van der Waals surface area contributed by atoms with Gasteiger partial charge in [-0.3, -0.25) is 4.68 Å². The zero-order chi connectivity index (χ0) is 13.9. The van der Waals surface area contributed by atoms with E-state index in [0.29, 0.717) is 5.15 Å². The molecular formula is C14H17ClN4. The Hall–Kier alpha value is -1.55. The van der Waals surface area contributed by atoms with Crippen molar-refractivity contribution in [2.45, 2.75) is 26.8 Å². The van der Waals surface area contributed by atoms with E-state index in [-0.39, 0.29) is 6.04 Å². The van der Waals surface area contributed by atoms with Crippen LogP contribution in [-0.2, 0) is 7.05 Å². The number of rotatable bonds is 0. The molecule has 1 unspecified atom stereocenters. The van der Waals surface area contributed by atoms with E-state index in [0.717, 1.165) is 22.6 Å². The molecule has 0 bridgehead atoms. The summed E-state index contributed by atoms with van der Waals surface area (Å²) >= 11 is 6.33. The summed E-state index contributed by atoms with van der Waals surface area (Å²) in [6.45, 7) is 6.24. The lowest BCUT2D eigenvalue weighted by molar-refractivity contribution is 0.711. The van der Waals surface area contributed by atoms with Crippen molar-refractivity contribution in [2.24, 2.45) is 7.05 Å². The van der Waals surface area contributed by atoms with Crippen LogP contribution in [0.3, 0.4) is 0 Å². The van der Waals surface area contributed by atoms with E-state index in [1.807, 2.05) is 18.7 Å². The van der Waals surface area contributed by atoms with Gasteiger partial charge in [0.15, 0.2) is 5.15 Å². The van der Waals surface area contributed by atoms with E-state index >= 15 is 0 Å². The first-order chi connectivity index (χ1) is 8.91. The molecule has 5 heteroatoms. The highest BCUT2D eigenvalue weighted by Crippen LogP contribution is 2.46. The number of halogens is 1. The number of anilines is 1. The van der Waals surface area contributed by atoms with Gasteiger partial charge in [-0.1, -0.05) is 11.6 Å². The van der Waals surface area contributed by atoms with Crippen LogP contribution >= 0.6 is 11.6 Å². The molecule has 0 aliphatic carbocycles. The molecular weight excluding hydrogens is 260 g/mol. The van der Waals surface area contributed by atoms with Gasteiger partial charge in [0.25, 0.3) is 0 Å². The third-order valence-electron chi connectivity index (χ3n) is 4.07. The zero-order valence-electron chi connectivity index (χ0n) is 11.8. The number of aromatic nitrogens is 3. The molecule has 1 aliphatic heterocycles. The van der Waals surface area contributed by atoms with Gasteiger partial charge in [-0.15, -0.1) is 0 Å². The molecule has 2 aromatic rings. The Morgan fingerprint density at radius 3 is 2.63 bits per heavy atom. The van der Waals surface area contributed by atoms with Crippen LogP contribution in [0.4, 0.5) is 5.69 Å². The van der Waals surface area contributed by atoms with Gasteiger partial charge in [0.2, 0.25) is 0 Å². The van der Waals surface area contributed by atoms with E-state index in [2.05, 4.69) is 41.9 Å². The minimum Gasteiger partial charge on any atom is -0.365 e. The highest BCUT2D eigenvalue weighted by atomic mass is 35.5. The molecule has 2 aromatic heterocycles. The first kappa shape index (κ1) is 12.5. The molecule has 3 rings (SSSR count). The van der Waals surface area contributed by atoms with Crippen LogP contribution in [0.2, 0.25) is 5.15 Å². The fourth-order valence-corrected chi connectivity index (χ4v) is 3.22. The maximum Gasteiger partial charge on any atom is 0.153 e. The summed E-state index contributed by atoms with van der Waals surface area (Å²) in [5, 5.41) is 5.22. The van der Waals surface area contributed by atoms with E-state index in [1.165, 1.54) is 11.3 Å². The summed E-state index contributed by atoms with van der Waals surface area (Å²) < 4.78 is 1.94. The number of hydrogen-bond donors (Lipinski definition) is 0. The van der Waals surface area contributed by atoms with Gasteiger partial charge in [-0.2, -0.15) is 5.10 Å². The normalized spacial score (nSPS) is 17.4. The molecule has 3 heterocycles. The molecule has 1 aliphatic rings. The molecule has 0 amide bonds. The van der Waals surface area contributed by atoms with Gasteiger partial charge < -0.3 is 4.90 Å². The summed E-state index contributed by atoms with van der Waals surface area (Å²) in [4.78, 5) is 6.54. The van der Waals surface area contributed by atoms with Crippen LogP contribution in [0, 0.1) is 13.8 Å². The lowest BCUT2D eigenvalue weighted by Crippen LogP contribution is -2.27. The molecule has 0 N–H and O–H groups in total. The number of fused-ring (bicyclic) bond motifs is 3. The highest BCUT2D eigenvalue weighted by Gasteiger charge is 2.32. The van der Waals surface area contributed by atoms with E-state index in [1.54, 1.807) is 0 Å². The second kappa shape index (κ2) is 3.97. The Morgan fingerprint density at radius 2 is 1.95 bits per heavy atom. The lowest BCUT2D eigenvalue weighted by Gasteiger charge is -2.34. The first-order valence-electron chi connectivity index (χ1n) is 6.35. The monoisotopic (exact) mass is 276 g/mol. The van der Waals surface area contributed by atoms with Crippen molar-refractivity contribution in [1.82, 2.24) is 14.8 Å². The summed E-state index contributed by atoms with van der Waals surface area (Å²) in [6.07, 6.45) is 0. The van der Waals surface area contributed by atoms with E-state index in [9.17, 15) is 0 Å². The van der Waals surface area contributed by atoms with Crippen molar-refractivity contribution in [3.8, 4) is 11.3 Å². The largest absolute Gasteiger partial charge is 0.365 e. The van der Waals surface area contributed by atoms with Gasteiger partial charge in [0.1, 0.15) is 5.69 Å². The smallest absolute Gasteiger partial charge is 0.153 e. The molecule has 0 radical (unpaired) electrons. The van der Waals surface area contributed by atoms with Crippen LogP contribution in [0.25, 0.3) is 11.3 Å². The molecule has 0 saturated carbocycles. The molecule has 0 aromatic carbocycles. The maximum absolute atomic E-state index is 6.33. The summed E-state index contributed by atoms with van der Waals surface area (Å²) in [6, 6.07) is 2.31. The molecule has 0 spiro atoms. The zero-order valence-corrected chi connectivity index (χ0v) is 12.6. The average molecular weight is 277 g/mol. The van der Waals surface area contributed by atoms with Gasteiger partial charge in [-0.25, -0.2) is 4.98 Å². The second-order valence-corrected chi connectivity index (χ2v) is 5.57.